The second-order valence-electron chi connectivity index (χ2n) is 6.30. The van der Waals surface area contributed by atoms with Gasteiger partial charge in [-0.2, -0.15) is 0 Å². The van der Waals surface area contributed by atoms with Crippen LogP contribution in [0.4, 0.5) is 5.69 Å². The number of piperidine rings is 1. The van der Waals surface area contributed by atoms with Crippen LogP contribution in [-0.4, -0.2) is 29.3 Å². The molecule has 5 heteroatoms. The highest BCUT2D eigenvalue weighted by atomic mass is 32.1. The Kier molecular flexibility index (Phi) is 5.00. The average molecular weight is 342 g/mol. The molecule has 1 fully saturated rings. The summed E-state index contributed by atoms with van der Waals surface area (Å²) < 4.78 is 0. The number of benzene rings is 1. The highest BCUT2D eigenvalue weighted by Crippen LogP contribution is 2.24. The van der Waals surface area contributed by atoms with Gasteiger partial charge in [-0.05, 0) is 56.2 Å². The zero-order chi connectivity index (χ0) is 17.1. The zero-order valence-corrected chi connectivity index (χ0v) is 14.9. The molecule has 2 heterocycles. The van der Waals surface area contributed by atoms with Gasteiger partial charge in [-0.3, -0.25) is 9.59 Å². The van der Waals surface area contributed by atoms with E-state index in [1.165, 1.54) is 11.3 Å². The summed E-state index contributed by atoms with van der Waals surface area (Å²) in [6.45, 7) is 4.65. The third kappa shape index (κ3) is 3.51. The Hall–Kier alpha value is -2.14. The average Bonchev–Trinajstić information content (AvgIpc) is 3.11. The first kappa shape index (κ1) is 16.7. The van der Waals surface area contributed by atoms with Crippen LogP contribution in [0, 0.1) is 13.8 Å². The number of nitrogens with zero attached hydrogens (tertiary/aromatic N) is 1. The molecule has 1 aliphatic heterocycles. The van der Waals surface area contributed by atoms with E-state index in [2.05, 4.69) is 5.32 Å². The molecule has 4 nitrogen and oxygen atoms in total. The van der Waals surface area contributed by atoms with Crippen molar-refractivity contribution < 1.29 is 9.59 Å². The summed E-state index contributed by atoms with van der Waals surface area (Å²) in [6, 6.07) is 9.25. The molecular formula is C19H22N2O2S. The number of nitrogens with one attached hydrogen (secondary N) is 1. The van der Waals surface area contributed by atoms with Gasteiger partial charge in [-0.1, -0.05) is 23.8 Å². The fraction of sp³-hybridized carbons (Fsp3) is 0.368. The zero-order valence-electron chi connectivity index (χ0n) is 14.0. The summed E-state index contributed by atoms with van der Waals surface area (Å²) in [5, 5.41) is 4.90. The number of carbonyl (C=O) groups excluding carboxylic acids is 2. The van der Waals surface area contributed by atoms with E-state index in [9.17, 15) is 9.59 Å². The maximum absolute atomic E-state index is 12.8. The SMILES string of the molecule is Cc1ccc(NC(=O)C2CCCCN2C(=O)c2cccs2)c(C)c1. The van der Waals surface area contributed by atoms with Crippen LogP contribution in [0.15, 0.2) is 35.7 Å². The van der Waals surface area contributed by atoms with Crippen LogP contribution in [0.2, 0.25) is 0 Å². The summed E-state index contributed by atoms with van der Waals surface area (Å²) >= 11 is 1.42. The van der Waals surface area contributed by atoms with Crippen molar-refractivity contribution in [3.63, 3.8) is 0 Å². The molecule has 0 radical (unpaired) electrons. The van der Waals surface area contributed by atoms with Gasteiger partial charge in [0, 0.05) is 12.2 Å². The molecule has 0 saturated carbocycles. The van der Waals surface area contributed by atoms with Crippen molar-refractivity contribution >= 4 is 28.8 Å². The fourth-order valence-corrected chi connectivity index (χ4v) is 3.84. The molecule has 3 rings (SSSR count). The van der Waals surface area contributed by atoms with E-state index >= 15 is 0 Å². The number of anilines is 1. The number of rotatable bonds is 3. The van der Waals surface area contributed by atoms with Crippen molar-refractivity contribution in [1.29, 1.82) is 0 Å². The Morgan fingerprint density at radius 1 is 1.21 bits per heavy atom. The molecule has 2 amide bonds. The first-order valence-corrected chi connectivity index (χ1v) is 9.17. The molecule has 1 saturated heterocycles. The molecular weight excluding hydrogens is 320 g/mol. The molecule has 1 aromatic carbocycles. The molecule has 0 aliphatic carbocycles. The van der Waals surface area contributed by atoms with Crippen molar-refractivity contribution in [3.8, 4) is 0 Å². The van der Waals surface area contributed by atoms with E-state index in [1.807, 2.05) is 49.6 Å². The van der Waals surface area contributed by atoms with Crippen LogP contribution in [0.5, 0.6) is 0 Å². The van der Waals surface area contributed by atoms with Crippen LogP contribution in [0.3, 0.4) is 0 Å². The monoisotopic (exact) mass is 342 g/mol. The lowest BCUT2D eigenvalue weighted by Gasteiger charge is -2.34. The fourth-order valence-electron chi connectivity index (χ4n) is 3.16. The van der Waals surface area contributed by atoms with E-state index in [0.717, 1.165) is 29.7 Å². The molecule has 24 heavy (non-hydrogen) atoms. The van der Waals surface area contributed by atoms with Crippen LogP contribution >= 0.6 is 11.3 Å². The second-order valence-corrected chi connectivity index (χ2v) is 7.24. The van der Waals surface area contributed by atoms with Crippen molar-refractivity contribution in [2.75, 3.05) is 11.9 Å². The third-order valence-corrected chi connectivity index (χ3v) is 5.30. The van der Waals surface area contributed by atoms with Gasteiger partial charge in [-0.25, -0.2) is 0 Å². The minimum absolute atomic E-state index is 0.0366. The Morgan fingerprint density at radius 3 is 2.75 bits per heavy atom. The number of amides is 2. The minimum atomic E-state index is -0.394. The summed E-state index contributed by atoms with van der Waals surface area (Å²) in [4.78, 5) is 27.9. The van der Waals surface area contributed by atoms with Gasteiger partial charge in [0.15, 0.2) is 0 Å². The Balaban J connectivity index is 1.77. The quantitative estimate of drug-likeness (QED) is 0.916. The molecule has 2 aromatic rings. The van der Waals surface area contributed by atoms with Gasteiger partial charge < -0.3 is 10.2 Å². The normalized spacial score (nSPS) is 17.6. The lowest BCUT2D eigenvalue weighted by molar-refractivity contribution is -0.121. The van der Waals surface area contributed by atoms with Crippen molar-refractivity contribution in [1.82, 2.24) is 4.90 Å². The minimum Gasteiger partial charge on any atom is -0.326 e. The molecule has 1 unspecified atom stereocenters. The third-order valence-electron chi connectivity index (χ3n) is 4.44. The van der Waals surface area contributed by atoms with Crippen molar-refractivity contribution in [2.24, 2.45) is 0 Å². The Bertz CT molecular complexity index is 740. The van der Waals surface area contributed by atoms with Crippen LogP contribution in [-0.2, 0) is 4.79 Å². The number of likely N-dealkylation sites (tertiary alicyclic amines) is 1. The van der Waals surface area contributed by atoms with Crippen LogP contribution in [0.1, 0.15) is 40.1 Å². The topological polar surface area (TPSA) is 49.4 Å². The molecule has 0 spiro atoms. The van der Waals surface area contributed by atoms with E-state index in [1.54, 1.807) is 4.90 Å². The van der Waals surface area contributed by atoms with Gasteiger partial charge in [-0.15, -0.1) is 11.3 Å². The largest absolute Gasteiger partial charge is 0.326 e. The first-order chi connectivity index (χ1) is 11.6. The summed E-state index contributed by atoms with van der Waals surface area (Å²) in [5.74, 6) is -0.128. The summed E-state index contributed by atoms with van der Waals surface area (Å²) in [5.41, 5.74) is 3.02. The maximum Gasteiger partial charge on any atom is 0.264 e. The number of carbonyl (C=O) groups is 2. The molecule has 1 aliphatic rings. The van der Waals surface area contributed by atoms with E-state index in [4.69, 9.17) is 0 Å². The predicted octanol–water partition coefficient (Wildman–Crippen LogP) is 4.00. The van der Waals surface area contributed by atoms with Crippen LogP contribution < -0.4 is 5.32 Å². The smallest absolute Gasteiger partial charge is 0.264 e. The highest BCUT2D eigenvalue weighted by molar-refractivity contribution is 7.12. The molecule has 126 valence electrons. The second kappa shape index (κ2) is 7.18. The van der Waals surface area contributed by atoms with Crippen molar-refractivity contribution in [2.45, 2.75) is 39.2 Å². The molecule has 1 atom stereocenters. The van der Waals surface area contributed by atoms with E-state index < -0.39 is 6.04 Å². The number of hydrogen-bond donors (Lipinski definition) is 1. The number of aryl methyl sites for hydroxylation is 2. The van der Waals surface area contributed by atoms with Crippen molar-refractivity contribution in [3.05, 3.63) is 51.7 Å². The Morgan fingerprint density at radius 2 is 2.04 bits per heavy atom. The van der Waals surface area contributed by atoms with Gasteiger partial charge in [0.2, 0.25) is 5.91 Å². The standard InChI is InChI=1S/C19H22N2O2S/c1-13-8-9-15(14(2)12-13)20-18(22)16-6-3-4-10-21(16)19(23)17-7-5-11-24-17/h5,7-9,11-12,16H,3-4,6,10H2,1-2H3,(H,20,22). The summed E-state index contributed by atoms with van der Waals surface area (Å²) in [6.07, 6.45) is 2.64. The molecule has 1 N–H and O–H groups in total. The van der Waals surface area contributed by atoms with E-state index in [-0.39, 0.29) is 11.8 Å². The van der Waals surface area contributed by atoms with Gasteiger partial charge in [0.05, 0.1) is 4.88 Å². The van der Waals surface area contributed by atoms with Gasteiger partial charge >= 0.3 is 0 Å². The first-order valence-electron chi connectivity index (χ1n) is 8.29. The lowest BCUT2D eigenvalue weighted by atomic mass is 10.0. The summed E-state index contributed by atoms with van der Waals surface area (Å²) in [7, 11) is 0. The van der Waals surface area contributed by atoms with Gasteiger partial charge in [0.25, 0.3) is 5.91 Å². The van der Waals surface area contributed by atoms with Gasteiger partial charge in [0.1, 0.15) is 6.04 Å². The predicted molar refractivity (Wildman–Crippen MR) is 97.5 cm³/mol. The van der Waals surface area contributed by atoms with Crippen LogP contribution in [0.25, 0.3) is 0 Å². The number of thiophene rings is 1. The highest BCUT2D eigenvalue weighted by Gasteiger charge is 2.33. The molecule has 1 aromatic heterocycles. The lowest BCUT2D eigenvalue weighted by Crippen LogP contribution is -2.49. The van der Waals surface area contributed by atoms with E-state index in [0.29, 0.717) is 17.8 Å². The Labute approximate surface area is 146 Å². The number of hydrogen-bond acceptors (Lipinski definition) is 3. The molecule has 0 bridgehead atoms. The maximum atomic E-state index is 12.8.